The SMILES string of the molecule is Cc1cc(Br)cc(NS(=O)(=O)c2cnn(CCCO)c2)c1. The van der Waals surface area contributed by atoms with Crippen LogP contribution in [0.4, 0.5) is 5.69 Å². The van der Waals surface area contributed by atoms with Crippen LogP contribution in [0.2, 0.25) is 0 Å². The summed E-state index contributed by atoms with van der Waals surface area (Å²) in [5.41, 5.74) is 1.44. The second-order valence-electron chi connectivity index (χ2n) is 4.64. The van der Waals surface area contributed by atoms with E-state index in [2.05, 4.69) is 25.8 Å². The van der Waals surface area contributed by atoms with Crippen LogP contribution in [-0.4, -0.2) is 29.9 Å². The maximum absolute atomic E-state index is 12.3. The molecular weight excluding hydrogens is 358 g/mol. The number of hydrogen-bond donors (Lipinski definition) is 2. The molecule has 8 heteroatoms. The Morgan fingerprint density at radius 3 is 2.81 bits per heavy atom. The molecule has 114 valence electrons. The van der Waals surface area contributed by atoms with Crippen LogP contribution in [0.15, 0.2) is 40.0 Å². The van der Waals surface area contributed by atoms with Crippen LogP contribution in [0.1, 0.15) is 12.0 Å². The zero-order valence-corrected chi connectivity index (χ0v) is 13.9. The van der Waals surface area contributed by atoms with E-state index in [4.69, 9.17) is 5.11 Å². The molecule has 0 aliphatic carbocycles. The summed E-state index contributed by atoms with van der Waals surface area (Å²) < 4.78 is 29.4. The first kappa shape index (κ1) is 16.0. The molecule has 2 aromatic rings. The van der Waals surface area contributed by atoms with Crippen LogP contribution in [0, 0.1) is 6.92 Å². The van der Waals surface area contributed by atoms with E-state index in [1.807, 2.05) is 13.0 Å². The minimum Gasteiger partial charge on any atom is -0.396 e. The summed E-state index contributed by atoms with van der Waals surface area (Å²) >= 11 is 3.33. The lowest BCUT2D eigenvalue weighted by molar-refractivity contribution is 0.277. The highest BCUT2D eigenvalue weighted by atomic mass is 79.9. The Hall–Kier alpha value is -1.38. The van der Waals surface area contributed by atoms with Gasteiger partial charge in [0, 0.05) is 23.8 Å². The molecule has 0 unspecified atom stereocenters. The molecule has 0 atom stereocenters. The number of halogens is 1. The summed E-state index contributed by atoms with van der Waals surface area (Å²) in [6.45, 7) is 2.40. The predicted molar refractivity (Wildman–Crippen MR) is 83.6 cm³/mol. The summed E-state index contributed by atoms with van der Waals surface area (Å²) in [4.78, 5) is 0.0954. The standard InChI is InChI=1S/C13H16BrN3O3S/c1-10-5-11(14)7-12(6-10)16-21(19,20)13-8-15-17(9-13)3-2-4-18/h5-9,16,18H,2-4H2,1H3. The zero-order valence-electron chi connectivity index (χ0n) is 11.5. The Labute approximate surface area is 132 Å². The van der Waals surface area contributed by atoms with Crippen molar-refractivity contribution in [2.75, 3.05) is 11.3 Å². The van der Waals surface area contributed by atoms with Gasteiger partial charge in [0.05, 0.1) is 11.9 Å². The topological polar surface area (TPSA) is 84.2 Å². The zero-order chi connectivity index (χ0) is 15.5. The molecule has 0 saturated carbocycles. The second-order valence-corrected chi connectivity index (χ2v) is 7.24. The molecule has 1 aromatic carbocycles. The lowest BCUT2D eigenvalue weighted by atomic mass is 10.2. The molecule has 0 bridgehead atoms. The van der Waals surface area contributed by atoms with Crippen molar-refractivity contribution < 1.29 is 13.5 Å². The van der Waals surface area contributed by atoms with E-state index in [0.717, 1.165) is 10.0 Å². The number of sulfonamides is 1. The lowest BCUT2D eigenvalue weighted by Gasteiger charge is -2.07. The van der Waals surface area contributed by atoms with Gasteiger partial charge in [0.25, 0.3) is 10.0 Å². The van der Waals surface area contributed by atoms with Gasteiger partial charge in [0.1, 0.15) is 4.90 Å². The fraction of sp³-hybridized carbons (Fsp3) is 0.308. The van der Waals surface area contributed by atoms with Gasteiger partial charge >= 0.3 is 0 Å². The van der Waals surface area contributed by atoms with Crippen molar-refractivity contribution >= 4 is 31.6 Å². The third kappa shape index (κ3) is 4.29. The summed E-state index contributed by atoms with van der Waals surface area (Å²) in [5.74, 6) is 0. The first-order valence-electron chi connectivity index (χ1n) is 6.34. The number of hydrogen-bond acceptors (Lipinski definition) is 4. The van der Waals surface area contributed by atoms with E-state index < -0.39 is 10.0 Å². The normalized spacial score (nSPS) is 11.6. The highest BCUT2D eigenvalue weighted by Crippen LogP contribution is 2.22. The van der Waals surface area contributed by atoms with Gasteiger partial charge < -0.3 is 5.11 Å². The molecule has 0 spiro atoms. The molecule has 0 aliphatic rings. The summed E-state index contributed by atoms with van der Waals surface area (Å²) in [7, 11) is -3.67. The number of benzene rings is 1. The largest absolute Gasteiger partial charge is 0.396 e. The average Bonchev–Trinajstić information content (AvgIpc) is 2.84. The third-order valence-electron chi connectivity index (χ3n) is 2.76. The molecule has 1 aromatic heterocycles. The van der Waals surface area contributed by atoms with Gasteiger partial charge in [0.15, 0.2) is 0 Å². The minimum absolute atomic E-state index is 0.0392. The first-order chi connectivity index (χ1) is 9.90. The highest BCUT2D eigenvalue weighted by Gasteiger charge is 2.17. The molecule has 0 fully saturated rings. The number of aryl methyl sites for hydroxylation is 2. The Morgan fingerprint density at radius 1 is 1.38 bits per heavy atom. The number of anilines is 1. The number of aliphatic hydroxyl groups is 1. The van der Waals surface area contributed by atoms with Crippen molar-refractivity contribution in [3.8, 4) is 0 Å². The molecule has 2 rings (SSSR count). The molecule has 0 saturated heterocycles. The summed E-state index contributed by atoms with van der Waals surface area (Å²) in [5, 5.41) is 12.7. The van der Waals surface area contributed by atoms with Crippen molar-refractivity contribution in [3.63, 3.8) is 0 Å². The Morgan fingerprint density at radius 2 is 2.14 bits per heavy atom. The van der Waals surface area contributed by atoms with Crippen LogP contribution in [0.3, 0.4) is 0 Å². The predicted octanol–water partition coefficient (Wildman–Crippen LogP) is 2.14. The molecule has 0 radical (unpaired) electrons. The number of nitrogens with zero attached hydrogens (tertiary/aromatic N) is 2. The first-order valence-corrected chi connectivity index (χ1v) is 8.61. The highest BCUT2D eigenvalue weighted by molar-refractivity contribution is 9.10. The van der Waals surface area contributed by atoms with Gasteiger partial charge in [-0.05, 0) is 37.1 Å². The molecule has 21 heavy (non-hydrogen) atoms. The van der Waals surface area contributed by atoms with E-state index in [1.54, 1.807) is 12.1 Å². The molecule has 2 N–H and O–H groups in total. The van der Waals surface area contributed by atoms with Gasteiger partial charge in [-0.2, -0.15) is 5.10 Å². The van der Waals surface area contributed by atoms with Crippen LogP contribution < -0.4 is 4.72 Å². The van der Waals surface area contributed by atoms with Gasteiger partial charge in [0.2, 0.25) is 0 Å². The van der Waals surface area contributed by atoms with Crippen molar-refractivity contribution in [3.05, 3.63) is 40.6 Å². The van der Waals surface area contributed by atoms with Crippen molar-refractivity contribution in [1.29, 1.82) is 0 Å². The second kappa shape index (κ2) is 6.59. The van der Waals surface area contributed by atoms with Gasteiger partial charge in [-0.1, -0.05) is 15.9 Å². The monoisotopic (exact) mass is 373 g/mol. The van der Waals surface area contributed by atoms with E-state index in [-0.39, 0.29) is 11.5 Å². The van der Waals surface area contributed by atoms with Crippen LogP contribution >= 0.6 is 15.9 Å². The van der Waals surface area contributed by atoms with Gasteiger partial charge in [-0.3, -0.25) is 9.40 Å². The van der Waals surface area contributed by atoms with Crippen LogP contribution in [0.25, 0.3) is 0 Å². The third-order valence-corrected chi connectivity index (χ3v) is 4.55. The minimum atomic E-state index is -3.67. The molecule has 1 heterocycles. The number of rotatable bonds is 6. The van der Waals surface area contributed by atoms with Crippen LogP contribution in [-0.2, 0) is 16.6 Å². The number of aliphatic hydroxyl groups excluding tert-OH is 1. The maximum Gasteiger partial charge on any atom is 0.265 e. The lowest BCUT2D eigenvalue weighted by Crippen LogP contribution is -2.12. The average molecular weight is 374 g/mol. The van der Waals surface area contributed by atoms with Gasteiger partial charge in [-0.25, -0.2) is 8.42 Å². The molecule has 6 nitrogen and oxygen atoms in total. The molecule has 0 aliphatic heterocycles. The summed E-state index contributed by atoms with van der Waals surface area (Å²) in [6.07, 6.45) is 3.27. The Bertz CT molecular complexity index is 708. The number of aromatic nitrogens is 2. The van der Waals surface area contributed by atoms with E-state index >= 15 is 0 Å². The molecule has 0 amide bonds. The fourth-order valence-corrected chi connectivity index (χ4v) is 3.45. The van der Waals surface area contributed by atoms with E-state index in [0.29, 0.717) is 18.7 Å². The van der Waals surface area contributed by atoms with Crippen molar-refractivity contribution in [1.82, 2.24) is 9.78 Å². The Kier molecular flexibility index (Phi) is 5.02. The van der Waals surface area contributed by atoms with E-state index in [9.17, 15) is 8.42 Å². The van der Waals surface area contributed by atoms with Crippen LogP contribution in [0.5, 0.6) is 0 Å². The van der Waals surface area contributed by atoms with Crippen molar-refractivity contribution in [2.45, 2.75) is 24.8 Å². The molecular formula is C13H16BrN3O3S. The Balaban J connectivity index is 2.19. The number of nitrogens with one attached hydrogen (secondary N) is 1. The quantitative estimate of drug-likeness (QED) is 0.812. The van der Waals surface area contributed by atoms with Crippen molar-refractivity contribution in [2.24, 2.45) is 0 Å². The van der Waals surface area contributed by atoms with E-state index in [1.165, 1.54) is 17.1 Å². The fourth-order valence-electron chi connectivity index (χ4n) is 1.85. The summed E-state index contributed by atoms with van der Waals surface area (Å²) in [6, 6.07) is 5.34. The smallest absolute Gasteiger partial charge is 0.265 e. The van der Waals surface area contributed by atoms with Gasteiger partial charge in [-0.15, -0.1) is 0 Å². The maximum atomic E-state index is 12.3.